The Kier molecular flexibility index (Phi) is 6.30. The summed E-state index contributed by atoms with van der Waals surface area (Å²) in [6.45, 7) is -0.279. The number of carbonyl (C=O) groups excluding carboxylic acids is 1. The van der Waals surface area contributed by atoms with Crippen molar-refractivity contribution < 1.29 is 18.1 Å². The van der Waals surface area contributed by atoms with Crippen LogP contribution in [0.2, 0.25) is 5.02 Å². The highest BCUT2D eigenvalue weighted by atomic mass is 35.5. The summed E-state index contributed by atoms with van der Waals surface area (Å²) in [5.41, 5.74) is 0.356. The van der Waals surface area contributed by atoms with Crippen LogP contribution in [-0.4, -0.2) is 37.1 Å². The minimum atomic E-state index is -4.04. The minimum absolute atomic E-state index is 0.156. The second-order valence-electron chi connectivity index (χ2n) is 5.38. The molecule has 0 unspecified atom stereocenters. The van der Waals surface area contributed by atoms with Gasteiger partial charge in [-0.1, -0.05) is 35.9 Å². The lowest BCUT2D eigenvalue weighted by Gasteiger charge is -2.17. The largest absolute Gasteiger partial charge is 0.351 e. The summed E-state index contributed by atoms with van der Waals surface area (Å²) in [5, 5.41) is 13.9. The summed E-state index contributed by atoms with van der Waals surface area (Å²) < 4.78 is 25.8. The number of hydrogen-bond acceptors (Lipinski definition) is 5. The van der Waals surface area contributed by atoms with Crippen LogP contribution in [0.15, 0.2) is 53.4 Å². The summed E-state index contributed by atoms with van der Waals surface area (Å²) in [7, 11) is -2.81. The molecular weight excluding hydrogens is 382 g/mol. The van der Waals surface area contributed by atoms with Gasteiger partial charge in [0.2, 0.25) is 15.9 Å². The molecule has 0 bridgehead atoms. The van der Waals surface area contributed by atoms with E-state index in [1.807, 2.05) is 0 Å². The van der Waals surface area contributed by atoms with Crippen LogP contribution < -0.4 is 5.32 Å². The predicted molar refractivity (Wildman–Crippen MR) is 96.2 cm³/mol. The van der Waals surface area contributed by atoms with E-state index in [-0.39, 0.29) is 17.1 Å². The average Bonchev–Trinajstić information content (AvgIpc) is 2.61. The van der Waals surface area contributed by atoms with Gasteiger partial charge in [0.25, 0.3) is 5.69 Å². The zero-order valence-corrected chi connectivity index (χ0v) is 15.3. The zero-order valence-electron chi connectivity index (χ0n) is 13.8. The van der Waals surface area contributed by atoms with Crippen molar-refractivity contribution >= 4 is 33.2 Å². The van der Waals surface area contributed by atoms with Crippen LogP contribution >= 0.6 is 11.6 Å². The van der Waals surface area contributed by atoms with E-state index in [1.165, 1.54) is 25.2 Å². The number of nitro benzene ring substituents is 1. The van der Waals surface area contributed by atoms with Gasteiger partial charge in [-0.3, -0.25) is 14.9 Å². The molecule has 0 saturated heterocycles. The van der Waals surface area contributed by atoms with Gasteiger partial charge in [0.05, 0.1) is 16.4 Å². The first kappa shape index (κ1) is 19.8. The maximum atomic E-state index is 12.5. The van der Waals surface area contributed by atoms with E-state index in [4.69, 9.17) is 11.6 Å². The molecule has 0 aromatic heterocycles. The number of sulfonamides is 1. The van der Waals surface area contributed by atoms with E-state index in [2.05, 4.69) is 5.32 Å². The van der Waals surface area contributed by atoms with Crippen molar-refractivity contribution in [2.24, 2.45) is 0 Å². The molecule has 2 aromatic carbocycles. The molecule has 1 amide bonds. The van der Waals surface area contributed by atoms with E-state index in [0.717, 1.165) is 10.4 Å². The van der Waals surface area contributed by atoms with Gasteiger partial charge >= 0.3 is 0 Å². The van der Waals surface area contributed by atoms with Crippen molar-refractivity contribution in [3.05, 3.63) is 69.2 Å². The lowest BCUT2D eigenvalue weighted by molar-refractivity contribution is -0.385. The molecule has 138 valence electrons. The molecule has 0 atom stereocenters. The van der Waals surface area contributed by atoms with Gasteiger partial charge in [0.15, 0.2) is 0 Å². The fourth-order valence-electron chi connectivity index (χ4n) is 2.12. The number of non-ortho nitro benzene ring substituents is 1. The lowest BCUT2D eigenvalue weighted by atomic mass is 10.2. The van der Waals surface area contributed by atoms with Crippen LogP contribution in [0.5, 0.6) is 0 Å². The highest BCUT2D eigenvalue weighted by Crippen LogP contribution is 2.20. The summed E-state index contributed by atoms with van der Waals surface area (Å²) in [6.07, 6.45) is 0. The number of nitro groups is 1. The third-order valence-electron chi connectivity index (χ3n) is 3.54. The van der Waals surface area contributed by atoms with E-state index < -0.39 is 27.4 Å². The SMILES string of the molecule is CN(CC(=O)NCc1ccccc1Cl)S(=O)(=O)c1cccc([N+](=O)[O-])c1. The number of amides is 1. The van der Waals surface area contributed by atoms with Crippen molar-refractivity contribution in [1.82, 2.24) is 9.62 Å². The quantitative estimate of drug-likeness (QED) is 0.568. The van der Waals surface area contributed by atoms with Crippen LogP contribution in [0.4, 0.5) is 5.69 Å². The van der Waals surface area contributed by atoms with Gasteiger partial charge in [0.1, 0.15) is 0 Å². The van der Waals surface area contributed by atoms with Crippen molar-refractivity contribution in [2.75, 3.05) is 13.6 Å². The molecule has 0 saturated carbocycles. The van der Waals surface area contributed by atoms with Crippen molar-refractivity contribution in [1.29, 1.82) is 0 Å². The molecule has 2 rings (SSSR count). The van der Waals surface area contributed by atoms with E-state index >= 15 is 0 Å². The van der Waals surface area contributed by atoms with Crippen LogP contribution in [0, 0.1) is 10.1 Å². The highest BCUT2D eigenvalue weighted by Gasteiger charge is 2.24. The molecule has 0 aliphatic heterocycles. The third-order valence-corrected chi connectivity index (χ3v) is 5.70. The summed E-state index contributed by atoms with van der Waals surface area (Å²) >= 11 is 5.99. The monoisotopic (exact) mass is 397 g/mol. The maximum absolute atomic E-state index is 12.5. The van der Waals surface area contributed by atoms with Crippen molar-refractivity contribution in [2.45, 2.75) is 11.4 Å². The van der Waals surface area contributed by atoms with Gasteiger partial charge in [0, 0.05) is 30.7 Å². The Morgan fingerprint density at radius 1 is 1.23 bits per heavy atom. The Bertz CT molecular complexity index is 933. The predicted octanol–water partition coefficient (Wildman–Crippen LogP) is 2.19. The molecule has 26 heavy (non-hydrogen) atoms. The number of carbonyl (C=O) groups is 1. The van der Waals surface area contributed by atoms with Crippen LogP contribution in [0.25, 0.3) is 0 Å². The number of nitrogens with one attached hydrogen (secondary N) is 1. The minimum Gasteiger partial charge on any atom is -0.351 e. The molecule has 0 aliphatic carbocycles. The molecule has 2 aromatic rings. The van der Waals surface area contributed by atoms with Crippen LogP contribution in [0.3, 0.4) is 0 Å². The zero-order chi connectivity index (χ0) is 19.3. The Morgan fingerprint density at radius 3 is 2.58 bits per heavy atom. The van der Waals surface area contributed by atoms with Gasteiger partial charge in [-0.2, -0.15) is 4.31 Å². The van der Waals surface area contributed by atoms with Gasteiger partial charge in [-0.05, 0) is 17.7 Å². The summed E-state index contributed by atoms with van der Waals surface area (Å²) in [6, 6.07) is 11.6. The summed E-state index contributed by atoms with van der Waals surface area (Å²) in [5.74, 6) is -0.526. The van der Waals surface area contributed by atoms with Crippen molar-refractivity contribution in [3.8, 4) is 0 Å². The van der Waals surface area contributed by atoms with E-state index in [0.29, 0.717) is 10.6 Å². The van der Waals surface area contributed by atoms with Crippen LogP contribution in [-0.2, 0) is 21.4 Å². The van der Waals surface area contributed by atoms with Crippen LogP contribution in [0.1, 0.15) is 5.56 Å². The standard InChI is InChI=1S/C16H16ClN3O5S/c1-19(11-16(21)18-10-12-5-2-3-8-15(12)17)26(24,25)14-7-4-6-13(9-14)20(22)23/h2-9H,10-11H2,1H3,(H,18,21). The molecule has 0 heterocycles. The van der Waals surface area contributed by atoms with Gasteiger partial charge < -0.3 is 5.32 Å². The fourth-order valence-corrected chi connectivity index (χ4v) is 3.49. The number of benzene rings is 2. The normalized spacial score (nSPS) is 11.3. The number of likely N-dealkylation sites (N-methyl/N-ethyl adjacent to an activating group) is 1. The maximum Gasteiger partial charge on any atom is 0.270 e. The smallest absolute Gasteiger partial charge is 0.270 e. The van der Waals surface area contributed by atoms with Gasteiger partial charge in [-0.15, -0.1) is 0 Å². The second-order valence-corrected chi connectivity index (χ2v) is 7.84. The highest BCUT2D eigenvalue weighted by molar-refractivity contribution is 7.89. The first-order valence-electron chi connectivity index (χ1n) is 7.42. The van der Waals surface area contributed by atoms with E-state index in [1.54, 1.807) is 24.3 Å². The Hall–Kier alpha value is -2.49. The Morgan fingerprint density at radius 2 is 1.92 bits per heavy atom. The number of nitrogens with zero attached hydrogens (tertiary/aromatic N) is 2. The number of halogens is 1. The molecule has 0 radical (unpaired) electrons. The first-order valence-corrected chi connectivity index (χ1v) is 9.24. The first-order chi connectivity index (χ1) is 12.2. The molecule has 8 nitrogen and oxygen atoms in total. The fraction of sp³-hybridized carbons (Fsp3) is 0.188. The molecule has 0 aliphatic rings. The second kappa shape index (κ2) is 8.26. The molecule has 1 N–H and O–H groups in total. The molecular formula is C16H16ClN3O5S. The van der Waals surface area contributed by atoms with Crippen molar-refractivity contribution in [3.63, 3.8) is 0 Å². The number of hydrogen-bond donors (Lipinski definition) is 1. The summed E-state index contributed by atoms with van der Waals surface area (Å²) in [4.78, 5) is 21.9. The Balaban J connectivity index is 2.04. The lowest BCUT2D eigenvalue weighted by Crippen LogP contribution is -2.38. The molecule has 10 heteroatoms. The Labute approximate surface area is 155 Å². The molecule has 0 fully saturated rings. The van der Waals surface area contributed by atoms with E-state index in [9.17, 15) is 23.3 Å². The topological polar surface area (TPSA) is 110 Å². The number of rotatable bonds is 7. The third kappa shape index (κ3) is 4.78. The average molecular weight is 398 g/mol. The van der Waals surface area contributed by atoms with Gasteiger partial charge in [-0.25, -0.2) is 8.42 Å². The molecule has 0 spiro atoms.